The summed E-state index contributed by atoms with van der Waals surface area (Å²) in [6.45, 7) is 0.990. The molecule has 1 aromatic rings. The lowest BCUT2D eigenvalue weighted by Gasteiger charge is -2.06. The van der Waals surface area contributed by atoms with Crippen LogP contribution in [0.15, 0.2) is 24.3 Å². The molecule has 2 rings (SSSR count). The smallest absolute Gasteiger partial charge is 0.307 e. The van der Waals surface area contributed by atoms with E-state index in [1.165, 1.54) is 0 Å². The van der Waals surface area contributed by atoms with Crippen LogP contribution in [-0.2, 0) is 27.5 Å². The van der Waals surface area contributed by atoms with Crippen molar-refractivity contribution in [3.8, 4) is 0 Å². The summed E-state index contributed by atoms with van der Waals surface area (Å²) in [4.78, 5) is 22.3. The van der Waals surface area contributed by atoms with Crippen LogP contribution in [0.25, 0.3) is 0 Å². The molecule has 1 amide bonds. The van der Waals surface area contributed by atoms with E-state index in [-0.39, 0.29) is 11.8 Å². The second-order valence-corrected chi connectivity index (χ2v) is 4.75. The van der Waals surface area contributed by atoms with Gasteiger partial charge in [0.15, 0.2) is 0 Å². The molecule has 2 N–H and O–H groups in total. The van der Waals surface area contributed by atoms with Crippen LogP contribution in [-0.4, -0.2) is 24.1 Å². The summed E-state index contributed by atoms with van der Waals surface area (Å²) >= 11 is 0. The van der Waals surface area contributed by atoms with Crippen molar-refractivity contribution >= 4 is 11.9 Å². The summed E-state index contributed by atoms with van der Waals surface area (Å²) in [7, 11) is 1.64. The molecule has 0 unspecified atom stereocenters. The molecule has 0 heterocycles. The quantitative estimate of drug-likeness (QED) is 0.807. The van der Waals surface area contributed by atoms with Gasteiger partial charge in [0.1, 0.15) is 0 Å². The van der Waals surface area contributed by atoms with E-state index in [4.69, 9.17) is 9.84 Å². The number of hydrogen-bond acceptors (Lipinski definition) is 3. The van der Waals surface area contributed by atoms with Crippen LogP contribution in [0.1, 0.15) is 17.5 Å². The predicted octanol–water partition coefficient (Wildman–Crippen LogP) is 1.17. The number of hydrogen-bond donors (Lipinski definition) is 2. The minimum absolute atomic E-state index is 0.173. The third-order valence-corrected chi connectivity index (χ3v) is 3.25. The summed E-state index contributed by atoms with van der Waals surface area (Å²) in [5, 5.41) is 11.5. The Morgan fingerprint density at radius 3 is 2.42 bits per heavy atom. The first kappa shape index (κ1) is 13.5. The van der Waals surface area contributed by atoms with Crippen LogP contribution in [0.5, 0.6) is 0 Å². The molecule has 5 heteroatoms. The SMILES string of the molecule is COCc1ccc(CNC(=O)[C@@H]2C[C@H]2C(=O)O)cc1. The summed E-state index contributed by atoms with van der Waals surface area (Å²) in [6, 6.07) is 7.75. The molecule has 0 aromatic heterocycles. The lowest BCUT2D eigenvalue weighted by atomic mass is 10.1. The van der Waals surface area contributed by atoms with Crippen molar-refractivity contribution in [2.45, 2.75) is 19.6 Å². The maximum atomic E-state index is 11.7. The van der Waals surface area contributed by atoms with Crippen molar-refractivity contribution in [2.75, 3.05) is 7.11 Å². The van der Waals surface area contributed by atoms with Gasteiger partial charge in [0.05, 0.1) is 18.4 Å². The predicted molar refractivity (Wildman–Crippen MR) is 68.2 cm³/mol. The summed E-state index contributed by atoms with van der Waals surface area (Å²) in [5.74, 6) is -1.91. The number of aliphatic carboxylic acids is 1. The third kappa shape index (κ3) is 3.54. The van der Waals surface area contributed by atoms with E-state index in [2.05, 4.69) is 5.32 Å². The lowest BCUT2D eigenvalue weighted by Crippen LogP contribution is -2.25. The average molecular weight is 263 g/mol. The van der Waals surface area contributed by atoms with Gasteiger partial charge in [-0.15, -0.1) is 0 Å². The minimum Gasteiger partial charge on any atom is -0.481 e. The highest BCUT2D eigenvalue weighted by molar-refractivity contribution is 5.89. The molecule has 2 atom stereocenters. The average Bonchev–Trinajstić information content (AvgIpc) is 3.18. The number of carboxylic acid groups (broad SMARTS) is 1. The molecule has 1 aromatic carbocycles. The number of nitrogens with one attached hydrogen (secondary N) is 1. The van der Waals surface area contributed by atoms with Crippen LogP contribution < -0.4 is 5.32 Å². The molecule has 1 saturated carbocycles. The Kier molecular flexibility index (Phi) is 4.16. The van der Waals surface area contributed by atoms with Crippen LogP contribution in [0, 0.1) is 11.8 Å². The maximum absolute atomic E-state index is 11.7. The molecule has 19 heavy (non-hydrogen) atoms. The normalized spacial score (nSPS) is 20.9. The number of amides is 1. The van der Waals surface area contributed by atoms with E-state index < -0.39 is 11.9 Å². The highest BCUT2D eigenvalue weighted by Gasteiger charge is 2.48. The molecule has 0 spiro atoms. The standard InChI is InChI=1S/C14H17NO4/c1-19-8-10-4-2-9(3-5-10)7-15-13(16)11-6-12(11)14(17)18/h2-5,11-12H,6-8H2,1H3,(H,15,16)(H,17,18)/t11-,12-/m1/s1. The Hall–Kier alpha value is -1.88. The molecular weight excluding hydrogens is 246 g/mol. The van der Waals surface area contributed by atoms with E-state index in [1.54, 1.807) is 7.11 Å². The molecule has 5 nitrogen and oxygen atoms in total. The maximum Gasteiger partial charge on any atom is 0.307 e. The first-order valence-corrected chi connectivity index (χ1v) is 6.19. The fourth-order valence-corrected chi connectivity index (χ4v) is 2.00. The van der Waals surface area contributed by atoms with Crippen molar-refractivity contribution in [2.24, 2.45) is 11.8 Å². The van der Waals surface area contributed by atoms with Gasteiger partial charge >= 0.3 is 5.97 Å². The summed E-state index contributed by atoms with van der Waals surface area (Å²) in [5.41, 5.74) is 2.06. The highest BCUT2D eigenvalue weighted by atomic mass is 16.5. The van der Waals surface area contributed by atoms with Crippen molar-refractivity contribution in [3.63, 3.8) is 0 Å². The van der Waals surface area contributed by atoms with Gasteiger partial charge in [0, 0.05) is 13.7 Å². The molecule has 102 valence electrons. The number of carboxylic acids is 1. The van der Waals surface area contributed by atoms with E-state index in [9.17, 15) is 9.59 Å². The molecule has 1 aliphatic carbocycles. The monoisotopic (exact) mass is 263 g/mol. The number of methoxy groups -OCH3 is 1. The number of benzene rings is 1. The first-order chi connectivity index (χ1) is 9.11. The topological polar surface area (TPSA) is 75.6 Å². The van der Waals surface area contributed by atoms with Gasteiger partial charge in [-0.2, -0.15) is 0 Å². The Morgan fingerprint density at radius 2 is 1.89 bits per heavy atom. The Morgan fingerprint density at radius 1 is 1.26 bits per heavy atom. The fourth-order valence-electron chi connectivity index (χ4n) is 2.00. The van der Waals surface area contributed by atoms with E-state index in [1.807, 2.05) is 24.3 Å². The van der Waals surface area contributed by atoms with Crippen molar-refractivity contribution in [3.05, 3.63) is 35.4 Å². The summed E-state index contributed by atoms with van der Waals surface area (Å²) in [6.07, 6.45) is 0.452. The summed E-state index contributed by atoms with van der Waals surface area (Å²) < 4.78 is 5.01. The van der Waals surface area contributed by atoms with Crippen molar-refractivity contribution < 1.29 is 19.4 Å². The van der Waals surface area contributed by atoms with Crippen LogP contribution in [0.2, 0.25) is 0 Å². The number of rotatable bonds is 6. The second-order valence-electron chi connectivity index (χ2n) is 4.75. The molecule has 1 aliphatic rings. The molecule has 0 saturated heterocycles. The Labute approximate surface area is 111 Å². The van der Waals surface area contributed by atoms with Crippen molar-refractivity contribution in [1.29, 1.82) is 0 Å². The Balaban J connectivity index is 1.79. The zero-order valence-corrected chi connectivity index (χ0v) is 10.8. The third-order valence-electron chi connectivity index (χ3n) is 3.25. The van der Waals surface area contributed by atoms with Gasteiger partial charge in [-0.05, 0) is 17.5 Å². The van der Waals surface area contributed by atoms with Gasteiger partial charge in [-0.25, -0.2) is 0 Å². The highest BCUT2D eigenvalue weighted by Crippen LogP contribution is 2.38. The van der Waals surface area contributed by atoms with Crippen molar-refractivity contribution in [1.82, 2.24) is 5.32 Å². The van der Waals surface area contributed by atoms with Crippen LogP contribution >= 0.6 is 0 Å². The van der Waals surface area contributed by atoms with Crippen LogP contribution in [0.3, 0.4) is 0 Å². The van der Waals surface area contributed by atoms with E-state index in [0.717, 1.165) is 11.1 Å². The van der Waals surface area contributed by atoms with E-state index in [0.29, 0.717) is 19.6 Å². The molecular formula is C14H17NO4. The number of carbonyl (C=O) groups is 2. The largest absolute Gasteiger partial charge is 0.481 e. The van der Waals surface area contributed by atoms with Crippen LogP contribution in [0.4, 0.5) is 0 Å². The van der Waals surface area contributed by atoms with Gasteiger partial charge in [0.2, 0.25) is 5.91 Å². The van der Waals surface area contributed by atoms with E-state index >= 15 is 0 Å². The minimum atomic E-state index is -0.885. The molecule has 0 aliphatic heterocycles. The second kappa shape index (κ2) is 5.84. The Bertz CT molecular complexity index is 469. The lowest BCUT2D eigenvalue weighted by molar-refractivity contribution is -0.140. The number of ether oxygens (including phenoxy) is 1. The first-order valence-electron chi connectivity index (χ1n) is 6.19. The zero-order chi connectivity index (χ0) is 13.8. The molecule has 0 radical (unpaired) electrons. The van der Waals surface area contributed by atoms with Gasteiger partial charge < -0.3 is 15.2 Å². The van der Waals surface area contributed by atoms with Gasteiger partial charge in [0.25, 0.3) is 0 Å². The number of carbonyl (C=O) groups excluding carboxylic acids is 1. The molecule has 0 bridgehead atoms. The fraction of sp³-hybridized carbons (Fsp3) is 0.429. The molecule has 1 fully saturated rings. The zero-order valence-electron chi connectivity index (χ0n) is 10.8. The van der Waals surface area contributed by atoms with Gasteiger partial charge in [-0.3, -0.25) is 9.59 Å². The van der Waals surface area contributed by atoms with Gasteiger partial charge in [-0.1, -0.05) is 24.3 Å².